The summed E-state index contributed by atoms with van der Waals surface area (Å²) in [5.74, 6) is 0. The molecule has 0 aliphatic rings. The van der Waals surface area contributed by atoms with Crippen molar-refractivity contribution in [2.45, 2.75) is 65.7 Å². The van der Waals surface area contributed by atoms with Crippen molar-refractivity contribution in [1.82, 2.24) is 4.98 Å². The number of hydrogen-bond acceptors (Lipinski definition) is 2. The van der Waals surface area contributed by atoms with Crippen molar-refractivity contribution in [1.29, 1.82) is 0 Å². The van der Waals surface area contributed by atoms with Gasteiger partial charge in [-0.05, 0) is 22.9 Å². The fraction of sp³-hybridized carbons (Fsp3) is 0.769. The lowest BCUT2D eigenvalue weighted by atomic mass is 10.1. The predicted octanol–water partition coefficient (Wildman–Crippen LogP) is 5.97. The van der Waals surface area contributed by atoms with Gasteiger partial charge in [-0.1, -0.05) is 58.8 Å². The Morgan fingerprint density at radius 1 is 1.06 bits per heavy atom. The Kier molecular flexibility index (Phi) is 11.7. The average molecular weight is 306 g/mol. The highest BCUT2D eigenvalue weighted by Crippen LogP contribution is 2.12. The van der Waals surface area contributed by atoms with E-state index in [0.29, 0.717) is 0 Å². The van der Waals surface area contributed by atoms with Crippen LogP contribution in [-0.4, -0.2) is 4.98 Å². The molecule has 0 saturated heterocycles. The van der Waals surface area contributed by atoms with Gasteiger partial charge in [-0.2, -0.15) is 0 Å². The monoisotopic (exact) mass is 305 g/mol. The van der Waals surface area contributed by atoms with E-state index < -0.39 is 0 Å². The van der Waals surface area contributed by atoms with Gasteiger partial charge < -0.3 is 0 Å². The zero-order valence-electron chi connectivity index (χ0n) is 10.8. The van der Waals surface area contributed by atoms with Crippen molar-refractivity contribution in [2.24, 2.45) is 0 Å². The van der Waals surface area contributed by atoms with E-state index in [1.54, 1.807) is 11.3 Å². The molecule has 16 heavy (non-hydrogen) atoms. The smallest absolute Gasteiger partial charge is 0.117 e. The lowest BCUT2D eigenvalue weighted by Crippen LogP contribution is -1.76. The minimum Gasteiger partial charge on any atom is -0.235 e. The summed E-state index contributed by atoms with van der Waals surface area (Å²) < 4.78 is 0.940. The molecule has 94 valence electrons. The molecule has 1 aromatic rings. The van der Waals surface area contributed by atoms with Crippen LogP contribution in [0.2, 0.25) is 0 Å². The fourth-order valence-corrected chi connectivity index (χ4v) is 2.50. The fourth-order valence-electron chi connectivity index (χ4n) is 1.37. The van der Waals surface area contributed by atoms with Crippen molar-refractivity contribution < 1.29 is 0 Å². The molecule has 0 unspecified atom stereocenters. The Hall–Kier alpha value is 0.110. The van der Waals surface area contributed by atoms with Gasteiger partial charge in [0.05, 0.1) is 5.01 Å². The van der Waals surface area contributed by atoms with E-state index in [9.17, 15) is 0 Å². The molecule has 0 bridgehead atoms. The third-order valence-electron chi connectivity index (χ3n) is 2.30. The molecule has 0 radical (unpaired) electrons. The van der Waals surface area contributed by atoms with Crippen LogP contribution in [0.1, 0.15) is 63.8 Å². The molecule has 1 heterocycles. The maximum atomic E-state index is 4.05. The Bertz CT molecular complexity index is 225. The Morgan fingerprint density at radius 2 is 1.56 bits per heavy atom. The molecular formula is C13H24BrNS. The summed E-state index contributed by atoms with van der Waals surface area (Å²) in [7, 11) is 0. The van der Waals surface area contributed by atoms with Crippen LogP contribution in [0.4, 0.5) is 0 Å². The molecule has 0 aliphatic carbocycles. The third kappa shape index (κ3) is 10.6. The topological polar surface area (TPSA) is 12.9 Å². The van der Waals surface area contributed by atoms with Gasteiger partial charge in [0.1, 0.15) is 4.60 Å². The molecule has 1 rings (SSSR count). The van der Waals surface area contributed by atoms with Crippen LogP contribution in [0, 0.1) is 6.92 Å². The van der Waals surface area contributed by atoms with E-state index >= 15 is 0 Å². The third-order valence-corrected chi connectivity index (χ3v) is 3.78. The normalized spacial score (nSPS) is 9.75. The summed E-state index contributed by atoms with van der Waals surface area (Å²) in [6.07, 6.45) is 9.97. The summed E-state index contributed by atoms with van der Waals surface area (Å²) in [6, 6.07) is 0. The zero-order valence-corrected chi connectivity index (χ0v) is 13.2. The molecule has 0 amide bonds. The van der Waals surface area contributed by atoms with Crippen LogP contribution in [-0.2, 0) is 0 Å². The SMILES string of the molecule is CCCCCCCCC.Cc1nc(Br)cs1. The van der Waals surface area contributed by atoms with Gasteiger partial charge in [-0.3, -0.25) is 0 Å². The lowest BCUT2D eigenvalue weighted by Gasteiger charge is -1.96. The van der Waals surface area contributed by atoms with Gasteiger partial charge >= 0.3 is 0 Å². The number of unbranched alkanes of at least 4 members (excludes halogenated alkanes) is 6. The second kappa shape index (κ2) is 11.6. The molecule has 0 N–H and O–H groups in total. The Labute approximate surface area is 113 Å². The summed E-state index contributed by atoms with van der Waals surface area (Å²) >= 11 is 4.88. The molecule has 0 fully saturated rings. The second-order valence-electron chi connectivity index (χ2n) is 3.96. The number of hydrogen-bond donors (Lipinski definition) is 0. The highest BCUT2D eigenvalue weighted by Gasteiger charge is 1.88. The first-order chi connectivity index (χ1) is 7.70. The van der Waals surface area contributed by atoms with Crippen molar-refractivity contribution in [3.05, 3.63) is 15.0 Å². The van der Waals surface area contributed by atoms with Gasteiger partial charge in [-0.15, -0.1) is 11.3 Å². The maximum Gasteiger partial charge on any atom is 0.117 e. The van der Waals surface area contributed by atoms with E-state index in [4.69, 9.17) is 0 Å². The zero-order chi connectivity index (χ0) is 12.2. The molecular weight excluding hydrogens is 282 g/mol. The van der Waals surface area contributed by atoms with Crippen LogP contribution in [0.15, 0.2) is 9.98 Å². The molecule has 0 spiro atoms. The molecule has 1 aromatic heterocycles. The second-order valence-corrected chi connectivity index (χ2v) is 5.83. The number of rotatable bonds is 6. The highest BCUT2D eigenvalue weighted by atomic mass is 79.9. The van der Waals surface area contributed by atoms with Crippen molar-refractivity contribution >= 4 is 27.3 Å². The molecule has 0 atom stereocenters. The summed E-state index contributed by atoms with van der Waals surface area (Å²) in [5.41, 5.74) is 0. The van der Waals surface area contributed by atoms with E-state index in [1.807, 2.05) is 12.3 Å². The minimum absolute atomic E-state index is 0.940. The van der Waals surface area contributed by atoms with Crippen molar-refractivity contribution in [2.75, 3.05) is 0 Å². The average Bonchev–Trinajstić information content (AvgIpc) is 2.63. The number of thiazole rings is 1. The number of aromatic nitrogens is 1. The Balaban J connectivity index is 0.000000288. The van der Waals surface area contributed by atoms with Crippen LogP contribution in [0.5, 0.6) is 0 Å². The quantitative estimate of drug-likeness (QED) is 0.590. The minimum atomic E-state index is 0.940. The highest BCUT2D eigenvalue weighted by molar-refractivity contribution is 9.10. The summed E-state index contributed by atoms with van der Waals surface area (Å²) in [6.45, 7) is 6.51. The number of nitrogens with zero attached hydrogens (tertiary/aromatic N) is 1. The van der Waals surface area contributed by atoms with Gasteiger partial charge in [0, 0.05) is 5.38 Å². The first-order valence-corrected chi connectivity index (χ1v) is 7.95. The summed E-state index contributed by atoms with van der Waals surface area (Å²) in [4.78, 5) is 4.05. The van der Waals surface area contributed by atoms with E-state index in [0.717, 1.165) is 9.61 Å². The molecule has 0 aliphatic heterocycles. The number of halogens is 1. The largest absolute Gasteiger partial charge is 0.235 e. The van der Waals surface area contributed by atoms with Gasteiger partial charge in [0.25, 0.3) is 0 Å². The van der Waals surface area contributed by atoms with E-state index in [-0.39, 0.29) is 0 Å². The van der Waals surface area contributed by atoms with Crippen LogP contribution < -0.4 is 0 Å². The van der Waals surface area contributed by atoms with E-state index in [1.165, 1.54) is 44.9 Å². The molecule has 3 heteroatoms. The molecule has 1 nitrogen and oxygen atoms in total. The summed E-state index contributed by atoms with van der Waals surface area (Å²) in [5, 5.41) is 3.07. The molecule has 0 saturated carbocycles. The van der Waals surface area contributed by atoms with Crippen LogP contribution in [0.25, 0.3) is 0 Å². The first-order valence-electron chi connectivity index (χ1n) is 6.28. The predicted molar refractivity (Wildman–Crippen MR) is 78.2 cm³/mol. The molecule has 0 aromatic carbocycles. The first kappa shape index (κ1) is 16.1. The van der Waals surface area contributed by atoms with Gasteiger partial charge in [0.15, 0.2) is 0 Å². The van der Waals surface area contributed by atoms with Crippen LogP contribution >= 0.6 is 27.3 Å². The Morgan fingerprint density at radius 3 is 1.81 bits per heavy atom. The standard InChI is InChI=1S/C9H20.C4H4BrNS/c1-3-5-7-9-8-6-4-2;1-3-6-4(5)2-7-3/h3-9H2,1-2H3;2H,1H3. The van der Waals surface area contributed by atoms with Crippen molar-refractivity contribution in [3.63, 3.8) is 0 Å². The van der Waals surface area contributed by atoms with Crippen LogP contribution in [0.3, 0.4) is 0 Å². The van der Waals surface area contributed by atoms with Gasteiger partial charge in [0.2, 0.25) is 0 Å². The number of aryl methyl sites for hydroxylation is 1. The van der Waals surface area contributed by atoms with E-state index in [2.05, 4.69) is 34.8 Å². The van der Waals surface area contributed by atoms with Crippen molar-refractivity contribution in [3.8, 4) is 0 Å². The lowest BCUT2D eigenvalue weighted by molar-refractivity contribution is 0.602. The van der Waals surface area contributed by atoms with Gasteiger partial charge in [-0.25, -0.2) is 4.98 Å². The maximum absolute atomic E-state index is 4.05.